The average molecular weight is 321 g/mol. The van der Waals surface area contributed by atoms with Crippen molar-refractivity contribution in [2.24, 2.45) is 0 Å². The molecular weight excluding hydrogens is 312 g/mol. The minimum absolute atomic E-state index is 0.00359. The van der Waals surface area contributed by atoms with Gasteiger partial charge in [0.15, 0.2) is 5.82 Å². The zero-order valence-corrected chi connectivity index (χ0v) is 11.7. The maximum atomic E-state index is 13.3. The van der Waals surface area contributed by atoms with E-state index in [-0.39, 0.29) is 22.6 Å². The SMILES string of the molecule is CN(C)c1nc(Cl)nc(-c2ccc(F)c(C(F)(F)F)c2)n1. The lowest BCUT2D eigenvalue weighted by Gasteiger charge is -2.12. The summed E-state index contributed by atoms with van der Waals surface area (Å²) >= 11 is 5.72. The van der Waals surface area contributed by atoms with Gasteiger partial charge in [-0.3, -0.25) is 0 Å². The van der Waals surface area contributed by atoms with E-state index >= 15 is 0 Å². The van der Waals surface area contributed by atoms with Crippen LogP contribution in [-0.2, 0) is 6.18 Å². The van der Waals surface area contributed by atoms with Crippen LogP contribution in [0.1, 0.15) is 5.56 Å². The molecule has 112 valence electrons. The van der Waals surface area contributed by atoms with Crippen LogP contribution in [0.2, 0.25) is 5.28 Å². The van der Waals surface area contributed by atoms with E-state index in [0.717, 1.165) is 6.07 Å². The standard InChI is InChI=1S/C12H9ClF4N4/c1-21(2)11-19-9(18-10(13)20-11)6-3-4-8(14)7(5-6)12(15,16)17/h3-5H,1-2H3. The fraction of sp³-hybridized carbons (Fsp3) is 0.250. The van der Waals surface area contributed by atoms with Gasteiger partial charge in [-0.2, -0.15) is 28.1 Å². The largest absolute Gasteiger partial charge is 0.419 e. The third-order valence-electron chi connectivity index (χ3n) is 2.53. The molecule has 0 aliphatic rings. The van der Waals surface area contributed by atoms with Crippen molar-refractivity contribution in [1.82, 2.24) is 15.0 Å². The van der Waals surface area contributed by atoms with Gasteiger partial charge in [-0.15, -0.1) is 0 Å². The highest BCUT2D eigenvalue weighted by atomic mass is 35.5. The quantitative estimate of drug-likeness (QED) is 0.795. The van der Waals surface area contributed by atoms with E-state index in [2.05, 4.69) is 15.0 Å². The lowest BCUT2D eigenvalue weighted by atomic mass is 10.1. The van der Waals surface area contributed by atoms with Crippen molar-refractivity contribution < 1.29 is 17.6 Å². The molecular formula is C12H9ClF4N4. The number of benzene rings is 1. The van der Waals surface area contributed by atoms with Gasteiger partial charge in [0.25, 0.3) is 0 Å². The number of anilines is 1. The molecule has 1 aromatic carbocycles. The van der Waals surface area contributed by atoms with Crippen molar-refractivity contribution in [2.45, 2.75) is 6.18 Å². The van der Waals surface area contributed by atoms with E-state index in [1.807, 2.05) is 0 Å². The first-order valence-corrected chi connectivity index (χ1v) is 6.02. The normalized spacial score (nSPS) is 11.6. The third kappa shape index (κ3) is 3.38. The van der Waals surface area contributed by atoms with E-state index in [4.69, 9.17) is 11.6 Å². The van der Waals surface area contributed by atoms with Gasteiger partial charge in [0.05, 0.1) is 5.56 Å². The van der Waals surface area contributed by atoms with Crippen molar-refractivity contribution in [3.8, 4) is 11.4 Å². The van der Waals surface area contributed by atoms with Crippen molar-refractivity contribution >= 4 is 17.5 Å². The summed E-state index contributed by atoms with van der Waals surface area (Å²) in [5.74, 6) is -1.24. The summed E-state index contributed by atoms with van der Waals surface area (Å²) in [7, 11) is 3.28. The molecule has 2 aromatic rings. The van der Waals surface area contributed by atoms with Gasteiger partial charge in [-0.05, 0) is 29.8 Å². The molecule has 0 unspecified atom stereocenters. The number of aromatic nitrogens is 3. The zero-order valence-electron chi connectivity index (χ0n) is 10.9. The van der Waals surface area contributed by atoms with Crippen LogP contribution in [-0.4, -0.2) is 29.0 Å². The van der Waals surface area contributed by atoms with E-state index in [1.165, 1.54) is 4.90 Å². The Morgan fingerprint density at radius 2 is 1.76 bits per heavy atom. The van der Waals surface area contributed by atoms with Crippen LogP contribution in [0.4, 0.5) is 23.5 Å². The van der Waals surface area contributed by atoms with Crippen molar-refractivity contribution in [2.75, 3.05) is 19.0 Å². The predicted molar refractivity (Wildman–Crippen MR) is 69.6 cm³/mol. The van der Waals surface area contributed by atoms with Gasteiger partial charge < -0.3 is 4.90 Å². The van der Waals surface area contributed by atoms with Crippen LogP contribution < -0.4 is 4.90 Å². The molecule has 0 atom stereocenters. The second-order valence-electron chi connectivity index (χ2n) is 4.31. The van der Waals surface area contributed by atoms with Gasteiger partial charge in [0.1, 0.15) is 5.82 Å². The first-order valence-electron chi connectivity index (χ1n) is 5.64. The summed E-state index contributed by atoms with van der Waals surface area (Å²) < 4.78 is 51.4. The number of halogens is 5. The van der Waals surface area contributed by atoms with Gasteiger partial charge in [-0.25, -0.2) is 4.39 Å². The Morgan fingerprint density at radius 3 is 2.33 bits per heavy atom. The first-order chi connectivity index (χ1) is 9.68. The first kappa shape index (κ1) is 15.4. The highest BCUT2D eigenvalue weighted by Crippen LogP contribution is 2.33. The second-order valence-corrected chi connectivity index (χ2v) is 4.65. The smallest absolute Gasteiger partial charge is 0.347 e. The molecule has 0 aliphatic heterocycles. The van der Waals surface area contributed by atoms with Crippen LogP contribution in [0.5, 0.6) is 0 Å². The molecule has 1 aromatic heterocycles. The van der Waals surface area contributed by atoms with E-state index in [9.17, 15) is 17.6 Å². The van der Waals surface area contributed by atoms with Crippen molar-refractivity contribution in [1.29, 1.82) is 0 Å². The zero-order chi connectivity index (χ0) is 15.8. The van der Waals surface area contributed by atoms with Crippen molar-refractivity contribution in [3.63, 3.8) is 0 Å². The Balaban J connectivity index is 2.57. The van der Waals surface area contributed by atoms with Crippen LogP contribution >= 0.6 is 11.6 Å². The fourth-order valence-corrected chi connectivity index (χ4v) is 1.71. The lowest BCUT2D eigenvalue weighted by molar-refractivity contribution is -0.139. The molecule has 2 rings (SSSR count). The van der Waals surface area contributed by atoms with E-state index in [0.29, 0.717) is 12.1 Å². The highest BCUT2D eigenvalue weighted by Gasteiger charge is 2.34. The van der Waals surface area contributed by atoms with Crippen LogP contribution in [0.25, 0.3) is 11.4 Å². The molecule has 1 heterocycles. The minimum atomic E-state index is -4.80. The maximum absolute atomic E-state index is 13.3. The van der Waals surface area contributed by atoms with Crippen LogP contribution in [0.15, 0.2) is 18.2 Å². The Hall–Kier alpha value is -1.96. The maximum Gasteiger partial charge on any atom is 0.419 e. The Bertz CT molecular complexity index is 673. The minimum Gasteiger partial charge on any atom is -0.347 e. The molecule has 0 spiro atoms. The molecule has 0 amide bonds. The fourth-order valence-electron chi connectivity index (χ4n) is 1.55. The van der Waals surface area contributed by atoms with Gasteiger partial charge in [-0.1, -0.05) is 0 Å². The summed E-state index contributed by atoms with van der Waals surface area (Å²) in [6.45, 7) is 0. The number of hydrogen-bond acceptors (Lipinski definition) is 4. The molecule has 9 heteroatoms. The van der Waals surface area contributed by atoms with E-state index < -0.39 is 17.6 Å². The number of hydrogen-bond donors (Lipinski definition) is 0. The Labute approximate surface area is 122 Å². The van der Waals surface area contributed by atoms with Crippen molar-refractivity contribution in [3.05, 3.63) is 34.9 Å². The molecule has 0 bridgehead atoms. The molecule has 4 nitrogen and oxygen atoms in total. The average Bonchev–Trinajstić information content (AvgIpc) is 2.37. The molecule has 21 heavy (non-hydrogen) atoms. The summed E-state index contributed by atoms with van der Waals surface area (Å²) in [5, 5.41) is -0.165. The van der Waals surface area contributed by atoms with Crippen LogP contribution in [0.3, 0.4) is 0 Å². The molecule has 0 radical (unpaired) electrons. The summed E-state index contributed by atoms with van der Waals surface area (Å²) in [5.41, 5.74) is -1.39. The third-order valence-corrected chi connectivity index (χ3v) is 2.70. The lowest BCUT2D eigenvalue weighted by Crippen LogP contribution is -2.14. The summed E-state index contributed by atoms with van der Waals surface area (Å²) in [6, 6.07) is 2.50. The molecule has 0 N–H and O–H groups in total. The monoisotopic (exact) mass is 320 g/mol. The highest BCUT2D eigenvalue weighted by molar-refractivity contribution is 6.28. The molecule has 0 fully saturated rings. The molecule has 0 saturated heterocycles. The van der Waals surface area contributed by atoms with Gasteiger partial charge in [0, 0.05) is 19.7 Å². The molecule has 0 saturated carbocycles. The Morgan fingerprint density at radius 1 is 1.10 bits per heavy atom. The topological polar surface area (TPSA) is 41.9 Å². The van der Waals surface area contributed by atoms with E-state index in [1.54, 1.807) is 14.1 Å². The second kappa shape index (κ2) is 5.44. The Kier molecular flexibility index (Phi) is 3.99. The summed E-state index contributed by atoms with van der Waals surface area (Å²) in [6.07, 6.45) is -4.80. The number of rotatable bonds is 2. The predicted octanol–water partition coefficient (Wildman–Crippen LogP) is 3.42. The number of alkyl halides is 3. The number of nitrogens with zero attached hydrogens (tertiary/aromatic N) is 4. The molecule has 0 aliphatic carbocycles. The van der Waals surface area contributed by atoms with Crippen LogP contribution in [0, 0.1) is 5.82 Å². The summed E-state index contributed by atoms with van der Waals surface area (Å²) in [4.78, 5) is 13.1. The van der Waals surface area contributed by atoms with Gasteiger partial charge in [0.2, 0.25) is 11.2 Å². The van der Waals surface area contributed by atoms with Gasteiger partial charge >= 0.3 is 6.18 Å².